The monoisotopic (exact) mass is 342 g/mol. The van der Waals surface area contributed by atoms with Gasteiger partial charge >= 0.3 is 0 Å². The molecule has 1 aromatic carbocycles. The number of hydrogen-bond acceptors (Lipinski definition) is 3. The fourth-order valence-electron chi connectivity index (χ4n) is 1.39. The van der Waals surface area contributed by atoms with Gasteiger partial charge in [0.1, 0.15) is 11.0 Å². The maximum atomic E-state index is 6.06. The maximum Gasteiger partial charge on any atom is 0.140 e. The molecule has 1 heterocycles. The van der Waals surface area contributed by atoms with E-state index in [0.717, 1.165) is 27.3 Å². The molecule has 0 aliphatic heterocycles. The summed E-state index contributed by atoms with van der Waals surface area (Å²) >= 11 is 11.2. The molecule has 0 spiro atoms. The van der Waals surface area contributed by atoms with E-state index in [4.69, 9.17) is 11.6 Å². The lowest BCUT2D eigenvalue weighted by atomic mass is 10.3. The second-order valence-electron chi connectivity index (χ2n) is 3.88. The van der Waals surface area contributed by atoms with Crippen LogP contribution in [0.25, 0.3) is 0 Å². The van der Waals surface area contributed by atoms with Crippen LogP contribution < -0.4 is 0 Å². The number of aromatic nitrogens is 2. The zero-order valence-corrected chi connectivity index (χ0v) is 13.2. The number of rotatable bonds is 3. The van der Waals surface area contributed by atoms with E-state index in [1.54, 1.807) is 11.8 Å². The summed E-state index contributed by atoms with van der Waals surface area (Å²) in [5.41, 5.74) is 1.90. The number of nitrogens with zero attached hydrogens (tertiary/aromatic N) is 2. The Kier molecular flexibility index (Phi) is 4.65. The van der Waals surface area contributed by atoms with Crippen LogP contribution in [0.4, 0.5) is 0 Å². The molecule has 2 aromatic rings. The highest BCUT2D eigenvalue weighted by atomic mass is 79.9. The molecule has 0 saturated heterocycles. The Balaban J connectivity index is 2.08. The molecule has 1 aromatic heterocycles. The Labute approximate surface area is 124 Å². The first kappa shape index (κ1) is 13.8. The van der Waals surface area contributed by atoms with Gasteiger partial charge in [0.05, 0.1) is 5.75 Å². The van der Waals surface area contributed by atoms with Crippen LogP contribution in [-0.2, 0) is 5.75 Å². The standard InChI is InChI=1S/C13H12BrClN2S/c1-8-9(2)16-12(17-13(8)15)7-18-11-5-3-10(14)4-6-11/h3-6H,7H2,1-2H3. The minimum atomic E-state index is 0.550. The van der Waals surface area contributed by atoms with E-state index < -0.39 is 0 Å². The highest BCUT2D eigenvalue weighted by Gasteiger charge is 2.06. The quantitative estimate of drug-likeness (QED) is 0.591. The van der Waals surface area contributed by atoms with Crippen LogP contribution in [0, 0.1) is 13.8 Å². The number of aryl methyl sites for hydroxylation is 1. The van der Waals surface area contributed by atoms with Gasteiger partial charge in [0.2, 0.25) is 0 Å². The van der Waals surface area contributed by atoms with Crippen molar-refractivity contribution >= 4 is 39.3 Å². The molecule has 0 saturated carbocycles. The number of thioether (sulfide) groups is 1. The summed E-state index contributed by atoms with van der Waals surface area (Å²) in [5, 5.41) is 0.550. The van der Waals surface area contributed by atoms with Crippen LogP contribution in [-0.4, -0.2) is 9.97 Å². The Morgan fingerprint density at radius 1 is 1.17 bits per heavy atom. The zero-order chi connectivity index (χ0) is 13.1. The van der Waals surface area contributed by atoms with Crippen molar-refractivity contribution in [2.75, 3.05) is 0 Å². The van der Waals surface area contributed by atoms with Crippen molar-refractivity contribution in [2.45, 2.75) is 24.5 Å². The molecule has 0 fully saturated rings. The Morgan fingerprint density at radius 2 is 1.83 bits per heavy atom. The second kappa shape index (κ2) is 6.04. The highest BCUT2D eigenvalue weighted by Crippen LogP contribution is 2.24. The van der Waals surface area contributed by atoms with Gasteiger partial charge in [0.15, 0.2) is 0 Å². The molecule has 0 radical (unpaired) electrons. The molecule has 94 valence electrons. The highest BCUT2D eigenvalue weighted by molar-refractivity contribution is 9.10. The first-order chi connectivity index (χ1) is 8.56. The molecule has 2 rings (SSSR count). The molecule has 0 N–H and O–H groups in total. The van der Waals surface area contributed by atoms with Crippen LogP contribution in [0.15, 0.2) is 33.6 Å². The predicted octanol–water partition coefficient (Wildman–Crippen LogP) is 4.80. The van der Waals surface area contributed by atoms with Gasteiger partial charge in [-0.2, -0.15) is 0 Å². The summed E-state index contributed by atoms with van der Waals surface area (Å²) < 4.78 is 1.08. The topological polar surface area (TPSA) is 25.8 Å². The average molecular weight is 344 g/mol. The molecule has 18 heavy (non-hydrogen) atoms. The third-order valence-electron chi connectivity index (χ3n) is 2.56. The van der Waals surface area contributed by atoms with Crippen molar-refractivity contribution in [2.24, 2.45) is 0 Å². The van der Waals surface area contributed by atoms with Gasteiger partial charge in [-0.05, 0) is 38.1 Å². The zero-order valence-electron chi connectivity index (χ0n) is 10.1. The average Bonchev–Trinajstić information content (AvgIpc) is 2.35. The van der Waals surface area contributed by atoms with E-state index in [9.17, 15) is 0 Å². The number of benzene rings is 1. The van der Waals surface area contributed by atoms with Crippen LogP contribution >= 0.6 is 39.3 Å². The summed E-state index contributed by atoms with van der Waals surface area (Å²) in [4.78, 5) is 9.92. The summed E-state index contributed by atoms with van der Waals surface area (Å²) in [6.45, 7) is 3.89. The van der Waals surface area contributed by atoms with Crippen molar-refractivity contribution in [3.8, 4) is 0 Å². The summed E-state index contributed by atoms with van der Waals surface area (Å²) in [6.07, 6.45) is 0. The fourth-order valence-corrected chi connectivity index (χ4v) is 2.64. The molecular formula is C13H12BrClN2S. The lowest BCUT2D eigenvalue weighted by molar-refractivity contribution is 0.973. The smallest absolute Gasteiger partial charge is 0.140 e. The van der Waals surface area contributed by atoms with Gasteiger partial charge in [-0.1, -0.05) is 27.5 Å². The minimum Gasteiger partial charge on any atom is -0.237 e. The largest absolute Gasteiger partial charge is 0.237 e. The predicted molar refractivity (Wildman–Crippen MR) is 80.2 cm³/mol. The van der Waals surface area contributed by atoms with Crippen molar-refractivity contribution in [1.82, 2.24) is 9.97 Å². The third-order valence-corrected chi connectivity index (χ3v) is 4.46. The number of hydrogen-bond donors (Lipinski definition) is 0. The first-order valence-electron chi connectivity index (χ1n) is 5.44. The Bertz CT molecular complexity index is 534. The fraction of sp³-hybridized carbons (Fsp3) is 0.231. The van der Waals surface area contributed by atoms with Crippen molar-refractivity contribution in [3.63, 3.8) is 0 Å². The van der Waals surface area contributed by atoms with Crippen LogP contribution in [0.5, 0.6) is 0 Å². The van der Waals surface area contributed by atoms with E-state index in [2.05, 4.69) is 38.0 Å². The van der Waals surface area contributed by atoms with Crippen LogP contribution in [0.1, 0.15) is 17.1 Å². The third kappa shape index (κ3) is 3.46. The summed E-state index contributed by atoms with van der Waals surface area (Å²) in [6, 6.07) is 8.18. The van der Waals surface area contributed by atoms with E-state index in [-0.39, 0.29) is 0 Å². The van der Waals surface area contributed by atoms with Crippen LogP contribution in [0.2, 0.25) is 5.15 Å². The normalized spacial score (nSPS) is 10.7. The second-order valence-corrected chi connectivity index (χ2v) is 6.21. The molecule has 0 atom stereocenters. The summed E-state index contributed by atoms with van der Waals surface area (Å²) in [5.74, 6) is 1.50. The van der Waals surface area contributed by atoms with Gasteiger partial charge in [0, 0.05) is 20.6 Å². The Hall–Kier alpha value is -0.580. The molecule has 0 amide bonds. The van der Waals surface area contributed by atoms with E-state index >= 15 is 0 Å². The lowest BCUT2D eigenvalue weighted by Crippen LogP contribution is -1.99. The first-order valence-corrected chi connectivity index (χ1v) is 7.60. The molecule has 0 aliphatic carbocycles. The van der Waals surface area contributed by atoms with Crippen molar-refractivity contribution in [1.29, 1.82) is 0 Å². The van der Waals surface area contributed by atoms with Gasteiger partial charge < -0.3 is 0 Å². The maximum absolute atomic E-state index is 6.06. The van der Waals surface area contributed by atoms with Crippen molar-refractivity contribution in [3.05, 3.63) is 51.0 Å². The van der Waals surface area contributed by atoms with Gasteiger partial charge in [-0.3, -0.25) is 0 Å². The van der Waals surface area contributed by atoms with E-state index in [0.29, 0.717) is 5.15 Å². The van der Waals surface area contributed by atoms with Gasteiger partial charge in [0.25, 0.3) is 0 Å². The molecule has 5 heteroatoms. The van der Waals surface area contributed by atoms with Gasteiger partial charge in [-0.25, -0.2) is 9.97 Å². The number of halogens is 2. The molecule has 2 nitrogen and oxygen atoms in total. The van der Waals surface area contributed by atoms with E-state index in [1.807, 2.05) is 26.0 Å². The summed E-state index contributed by atoms with van der Waals surface area (Å²) in [7, 11) is 0. The molecule has 0 aliphatic rings. The van der Waals surface area contributed by atoms with Crippen molar-refractivity contribution < 1.29 is 0 Å². The van der Waals surface area contributed by atoms with E-state index in [1.165, 1.54) is 4.90 Å². The minimum absolute atomic E-state index is 0.550. The molecular weight excluding hydrogens is 332 g/mol. The molecule has 0 bridgehead atoms. The molecule has 0 unspecified atom stereocenters. The SMILES string of the molecule is Cc1nc(CSc2ccc(Br)cc2)nc(Cl)c1C. The Morgan fingerprint density at radius 3 is 2.44 bits per heavy atom. The van der Waals surface area contributed by atoms with Gasteiger partial charge in [-0.15, -0.1) is 11.8 Å². The van der Waals surface area contributed by atoms with Crippen LogP contribution in [0.3, 0.4) is 0 Å². The lowest BCUT2D eigenvalue weighted by Gasteiger charge is -2.06.